The van der Waals surface area contributed by atoms with Crippen LogP contribution in [-0.2, 0) is 10.0 Å². The van der Waals surface area contributed by atoms with Crippen LogP contribution in [0.4, 0.5) is 0 Å². The molecule has 1 aliphatic rings. The third kappa shape index (κ3) is 3.24. The number of benzene rings is 1. The van der Waals surface area contributed by atoms with Crippen molar-refractivity contribution in [3.63, 3.8) is 0 Å². The highest BCUT2D eigenvalue weighted by Crippen LogP contribution is 2.23. The Balaban J connectivity index is 2.23. The average Bonchev–Trinajstić information content (AvgIpc) is 2.46. The maximum absolute atomic E-state index is 12.6. The minimum Gasteiger partial charge on any atom is -0.390 e. The number of rotatable bonds is 3. The Labute approximate surface area is 125 Å². The lowest BCUT2D eigenvalue weighted by Crippen LogP contribution is -2.53. The summed E-state index contributed by atoms with van der Waals surface area (Å²) in [6, 6.07) is 7.84. The molecule has 0 unspecified atom stereocenters. The van der Waals surface area contributed by atoms with Gasteiger partial charge in [0.05, 0.1) is 22.6 Å². The van der Waals surface area contributed by atoms with E-state index in [1.54, 1.807) is 12.1 Å². The Morgan fingerprint density at radius 2 is 2.14 bits per heavy atom. The fraction of sp³-hybridized carbons (Fsp3) is 0.500. The molecule has 1 saturated heterocycles. The number of sulfonamides is 1. The van der Waals surface area contributed by atoms with E-state index in [2.05, 4.69) is 0 Å². The van der Waals surface area contributed by atoms with E-state index in [9.17, 15) is 13.5 Å². The molecule has 7 heteroatoms. The maximum Gasteiger partial charge on any atom is 0.243 e. The third-order valence-corrected chi connectivity index (χ3v) is 5.63. The van der Waals surface area contributed by atoms with Crippen LogP contribution >= 0.6 is 0 Å². The van der Waals surface area contributed by atoms with Crippen molar-refractivity contribution in [1.29, 1.82) is 5.26 Å². The van der Waals surface area contributed by atoms with Crippen molar-refractivity contribution in [2.24, 2.45) is 0 Å². The summed E-state index contributed by atoms with van der Waals surface area (Å²) in [5.74, 6) is 0. The molecule has 0 bridgehead atoms. The number of nitriles is 1. The fourth-order valence-electron chi connectivity index (χ4n) is 2.59. The number of aliphatic hydroxyl groups is 1. The molecule has 1 aromatic carbocycles. The van der Waals surface area contributed by atoms with Crippen LogP contribution in [-0.4, -0.2) is 62.1 Å². The minimum atomic E-state index is -3.67. The van der Waals surface area contributed by atoms with Gasteiger partial charge in [0.2, 0.25) is 10.0 Å². The second-order valence-corrected chi connectivity index (χ2v) is 7.33. The minimum absolute atomic E-state index is 0.0399. The number of likely N-dealkylation sites (N-methyl/N-ethyl adjacent to an activating group) is 1. The van der Waals surface area contributed by atoms with Gasteiger partial charge in [-0.2, -0.15) is 9.57 Å². The Bertz CT molecular complexity index is 652. The van der Waals surface area contributed by atoms with Gasteiger partial charge in [-0.15, -0.1) is 0 Å². The van der Waals surface area contributed by atoms with Crippen molar-refractivity contribution < 1.29 is 13.5 Å². The maximum atomic E-state index is 12.6. The van der Waals surface area contributed by atoms with Crippen LogP contribution in [0.1, 0.15) is 12.0 Å². The van der Waals surface area contributed by atoms with Crippen LogP contribution in [0, 0.1) is 11.3 Å². The van der Waals surface area contributed by atoms with E-state index in [-0.39, 0.29) is 17.5 Å². The largest absolute Gasteiger partial charge is 0.390 e. The van der Waals surface area contributed by atoms with E-state index >= 15 is 0 Å². The number of piperidine rings is 1. The molecule has 1 aliphatic heterocycles. The van der Waals surface area contributed by atoms with E-state index in [0.717, 1.165) is 0 Å². The molecule has 0 spiro atoms. The summed E-state index contributed by atoms with van der Waals surface area (Å²) < 4.78 is 26.4. The van der Waals surface area contributed by atoms with Crippen molar-refractivity contribution in [2.75, 3.05) is 27.2 Å². The Morgan fingerprint density at radius 1 is 1.43 bits per heavy atom. The van der Waals surface area contributed by atoms with Crippen LogP contribution in [0.5, 0.6) is 0 Å². The zero-order chi connectivity index (χ0) is 15.6. The van der Waals surface area contributed by atoms with E-state index in [0.29, 0.717) is 18.5 Å². The van der Waals surface area contributed by atoms with Gasteiger partial charge in [0.25, 0.3) is 0 Å². The number of nitrogens with zero attached hydrogens (tertiary/aromatic N) is 3. The van der Waals surface area contributed by atoms with Crippen molar-refractivity contribution in [1.82, 2.24) is 9.21 Å². The van der Waals surface area contributed by atoms with E-state index < -0.39 is 16.1 Å². The molecule has 2 rings (SSSR count). The van der Waals surface area contributed by atoms with Gasteiger partial charge < -0.3 is 10.0 Å². The summed E-state index contributed by atoms with van der Waals surface area (Å²) in [7, 11) is 0.0660. The first-order chi connectivity index (χ1) is 9.86. The molecule has 21 heavy (non-hydrogen) atoms. The SMILES string of the molecule is CN(C)[C@H]1CCN(S(=O)(=O)c2cccc(C#N)c2)C[C@@H]1O. The highest BCUT2D eigenvalue weighted by Gasteiger charge is 2.35. The summed E-state index contributed by atoms with van der Waals surface area (Å²) in [5, 5.41) is 19.0. The number of hydrogen-bond acceptors (Lipinski definition) is 5. The van der Waals surface area contributed by atoms with Gasteiger partial charge in [0.15, 0.2) is 0 Å². The predicted octanol–water partition coefficient (Wildman–Crippen LogP) is 0.244. The third-order valence-electron chi connectivity index (χ3n) is 3.77. The quantitative estimate of drug-likeness (QED) is 0.865. The average molecular weight is 309 g/mol. The van der Waals surface area contributed by atoms with Crippen molar-refractivity contribution in [3.05, 3.63) is 29.8 Å². The topological polar surface area (TPSA) is 84.6 Å². The molecular weight excluding hydrogens is 290 g/mol. The van der Waals surface area contributed by atoms with E-state index in [1.165, 1.54) is 16.4 Å². The van der Waals surface area contributed by atoms with Gasteiger partial charge >= 0.3 is 0 Å². The lowest BCUT2D eigenvalue weighted by molar-refractivity contribution is 0.0291. The van der Waals surface area contributed by atoms with Crippen LogP contribution < -0.4 is 0 Å². The first kappa shape index (κ1) is 15.9. The fourth-order valence-corrected chi connectivity index (χ4v) is 4.11. The number of hydrogen-bond donors (Lipinski definition) is 1. The molecule has 6 nitrogen and oxygen atoms in total. The van der Waals surface area contributed by atoms with Gasteiger partial charge in [0.1, 0.15) is 0 Å². The molecule has 1 N–H and O–H groups in total. The molecular formula is C14H19N3O3S. The molecule has 114 valence electrons. The second kappa shape index (κ2) is 6.12. The lowest BCUT2D eigenvalue weighted by Gasteiger charge is -2.38. The standard InChI is InChI=1S/C14H19N3O3S/c1-16(2)13-6-7-17(10-14(13)18)21(19,20)12-5-3-4-11(8-12)9-15/h3-5,8,13-14,18H,6-7,10H2,1-2H3/t13-,14-/m0/s1. The number of β-amino-alcohol motifs (C(OH)–C–C–N with tert-alkyl or cyclic N) is 1. The Kier molecular flexibility index (Phi) is 4.64. The normalized spacial score (nSPS) is 24.0. The molecule has 0 amide bonds. The molecule has 1 aromatic rings. The van der Waals surface area contributed by atoms with Crippen LogP contribution in [0.2, 0.25) is 0 Å². The zero-order valence-electron chi connectivity index (χ0n) is 12.1. The highest BCUT2D eigenvalue weighted by atomic mass is 32.2. The van der Waals surface area contributed by atoms with Crippen molar-refractivity contribution in [2.45, 2.75) is 23.5 Å². The number of aliphatic hydroxyl groups excluding tert-OH is 1. The van der Waals surface area contributed by atoms with Crippen LogP contribution in [0.3, 0.4) is 0 Å². The van der Waals surface area contributed by atoms with Gasteiger partial charge in [-0.1, -0.05) is 6.07 Å². The van der Waals surface area contributed by atoms with Crippen LogP contribution in [0.15, 0.2) is 29.2 Å². The monoisotopic (exact) mass is 309 g/mol. The van der Waals surface area contributed by atoms with Gasteiger partial charge in [-0.3, -0.25) is 0 Å². The van der Waals surface area contributed by atoms with Crippen LogP contribution in [0.25, 0.3) is 0 Å². The van der Waals surface area contributed by atoms with Gasteiger partial charge in [0, 0.05) is 19.1 Å². The summed E-state index contributed by atoms with van der Waals surface area (Å²) >= 11 is 0. The second-order valence-electron chi connectivity index (χ2n) is 5.39. The summed E-state index contributed by atoms with van der Waals surface area (Å²) in [4.78, 5) is 2.00. The highest BCUT2D eigenvalue weighted by molar-refractivity contribution is 7.89. The first-order valence-corrected chi connectivity index (χ1v) is 8.15. The first-order valence-electron chi connectivity index (χ1n) is 6.71. The van der Waals surface area contributed by atoms with Crippen molar-refractivity contribution >= 4 is 10.0 Å². The molecule has 2 atom stereocenters. The molecule has 1 heterocycles. The Morgan fingerprint density at radius 3 is 2.71 bits per heavy atom. The van der Waals surface area contributed by atoms with E-state index in [1.807, 2.05) is 25.1 Å². The van der Waals surface area contributed by atoms with Gasteiger partial charge in [-0.25, -0.2) is 8.42 Å². The summed E-state index contributed by atoms with van der Waals surface area (Å²) in [5.41, 5.74) is 0.305. The predicted molar refractivity (Wildman–Crippen MR) is 78.0 cm³/mol. The molecule has 0 saturated carbocycles. The summed E-state index contributed by atoms with van der Waals surface area (Å²) in [6.07, 6.45) is -0.145. The van der Waals surface area contributed by atoms with E-state index in [4.69, 9.17) is 5.26 Å². The molecule has 0 radical (unpaired) electrons. The summed E-state index contributed by atoms with van der Waals surface area (Å²) in [6.45, 7) is 0.432. The molecule has 0 aliphatic carbocycles. The molecule has 1 fully saturated rings. The van der Waals surface area contributed by atoms with Gasteiger partial charge in [-0.05, 0) is 38.7 Å². The van der Waals surface area contributed by atoms with Crippen molar-refractivity contribution in [3.8, 4) is 6.07 Å². The Hall–Kier alpha value is -1.46. The smallest absolute Gasteiger partial charge is 0.243 e. The zero-order valence-corrected chi connectivity index (χ0v) is 12.9. The lowest BCUT2D eigenvalue weighted by atomic mass is 10.0. The molecule has 0 aromatic heterocycles.